The molecule has 0 aliphatic heterocycles. The van der Waals surface area contributed by atoms with Gasteiger partial charge in [0.15, 0.2) is 0 Å². The van der Waals surface area contributed by atoms with E-state index >= 15 is 0 Å². The second kappa shape index (κ2) is 7.60. The van der Waals surface area contributed by atoms with E-state index in [1.54, 1.807) is 12.1 Å². The van der Waals surface area contributed by atoms with Crippen LogP contribution in [-0.4, -0.2) is 4.98 Å². The molecule has 0 aliphatic rings. The van der Waals surface area contributed by atoms with Crippen LogP contribution in [0.5, 0.6) is 0 Å². The summed E-state index contributed by atoms with van der Waals surface area (Å²) in [4.78, 5) is 4.52. The van der Waals surface area contributed by atoms with Gasteiger partial charge < -0.3 is 5.32 Å². The fourth-order valence-corrected chi connectivity index (χ4v) is 3.41. The van der Waals surface area contributed by atoms with E-state index in [1.165, 1.54) is 23.6 Å². The van der Waals surface area contributed by atoms with Crippen molar-refractivity contribution in [3.05, 3.63) is 74.9 Å². The smallest absolute Gasteiger partial charge is 0.146 e. The lowest BCUT2D eigenvalue weighted by Gasteiger charge is -2.04. The summed E-state index contributed by atoms with van der Waals surface area (Å²) in [7, 11) is 0. The number of hydrogen-bond acceptors (Lipinski definition) is 4. The van der Waals surface area contributed by atoms with Crippen LogP contribution in [-0.2, 0) is 0 Å². The number of nitrogens with zero attached hydrogens (tertiary/aromatic N) is 2. The first-order valence-electron chi connectivity index (χ1n) is 7.41. The highest BCUT2D eigenvalue weighted by Gasteiger charge is 2.10. The van der Waals surface area contributed by atoms with Crippen LogP contribution in [0.4, 0.5) is 10.1 Å². The maximum Gasteiger partial charge on any atom is 0.146 e. The molecule has 25 heavy (non-hydrogen) atoms. The number of halogens is 2. The Kier molecular flexibility index (Phi) is 5.27. The minimum absolute atomic E-state index is 0.330. The number of aromatic nitrogens is 1. The molecule has 0 unspecified atom stereocenters. The largest absolute Gasteiger partial charge is 0.358 e. The van der Waals surface area contributed by atoms with Crippen LogP contribution in [0.25, 0.3) is 16.8 Å². The van der Waals surface area contributed by atoms with Crippen molar-refractivity contribution in [2.45, 2.75) is 6.92 Å². The molecule has 0 bridgehead atoms. The average molecular weight is 414 g/mol. The maximum atomic E-state index is 13.8. The van der Waals surface area contributed by atoms with Crippen LogP contribution in [0.15, 0.2) is 58.5 Å². The number of anilines is 1. The van der Waals surface area contributed by atoms with Gasteiger partial charge in [-0.05, 0) is 36.8 Å². The van der Waals surface area contributed by atoms with Gasteiger partial charge in [0.1, 0.15) is 22.5 Å². The first-order chi connectivity index (χ1) is 12.1. The van der Waals surface area contributed by atoms with Crippen molar-refractivity contribution in [3.63, 3.8) is 0 Å². The van der Waals surface area contributed by atoms with E-state index in [0.29, 0.717) is 16.3 Å². The Bertz CT molecular complexity index is 988. The molecule has 1 aromatic heterocycles. The SMILES string of the molecule is Cc1ccc(F)c(NC=C(C#N)c2nc(-c3cccc(Br)c3)cs2)c1. The van der Waals surface area contributed by atoms with Crippen LogP contribution in [0.3, 0.4) is 0 Å². The zero-order valence-corrected chi connectivity index (χ0v) is 15.7. The van der Waals surface area contributed by atoms with Gasteiger partial charge in [0, 0.05) is 21.6 Å². The highest BCUT2D eigenvalue weighted by atomic mass is 79.9. The monoisotopic (exact) mass is 413 g/mol. The van der Waals surface area contributed by atoms with Crippen molar-refractivity contribution in [2.24, 2.45) is 0 Å². The predicted molar refractivity (Wildman–Crippen MR) is 104 cm³/mol. The number of hydrogen-bond donors (Lipinski definition) is 1. The van der Waals surface area contributed by atoms with E-state index in [0.717, 1.165) is 21.3 Å². The van der Waals surface area contributed by atoms with Gasteiger partial charge in [0.25, 0.3) is 0 Å². The second-order valence-corrected chi connectivity index (χ2v) is 7.12. The molecule has 0 amide bonds. The minimum Gasteiger partial charge on any atom is -0.358 e. The molecule has 6 heteroatoms. The minimum atomic E-state index is -0.367. The molecule has 0 radical (unpaired) electrons. The molecule has 0 saturated carbocycles. The first-order valence-corrected chi connectivity index (χ1v) is 9.09. The lowest BCUT2D eigenvalue weighted by atomic mass is 10.2. The summed E-state index contributed by atoms with van der Waals surface area (Å²) in [6, 6.07) is 14.7. The number of rotatable bonds is 4. The standard InChI is InChI=1S/C19H13BrFN3S/c1-12-5-6-16(21)17(7-12)23-10-14(9-22)19-24-18(11-25-19)13-3-2-4-15(20)8-13/h2-8,10-11,23H,1H3. The molecule has 1 N–H and O–H groups in total. The Morgan fingerprint density at radius 1 is 1.32 bits per heavy atom. The maximum absolute atomic E-state index is 13.8. The van der Waals surface area contributed by atoms with Crippen molar-refractivity contribution < 1.29 is 4.39 Å². The van der Waals surface area contributed by atoms with Gasteiger partial charge in [-0.15, -0.1) is 11.3 Å². The van der Waals surface area contributed by atoms with Crippen LogP contribution in [0, 0.1) is 24.1 Å². The number of benzene rings is 2. The third-order valence-electron chi connectivity index (χ3n) is 3.47. The van der Waals surface area contributed by atoms with Crippen LogP contribution in [0.1, 0.15) is 10.6 Å². The molecule has 0 atom stereocenters. The number of nitrogens with one attached hydrogen (secondary N) is 1. The van der Waals surface area contributed by atoms with E-state index < -0.39 is 0 Å². The quantitative estimate of drug-likeness (QED) is 0.533. The Hall–Kier alpha value is -2.49. The fourth-order valence-electron chi connectivity index (χ4n) is 2.22. The van der Waals surface area contributed by atoms with Gasteiger partial charge in [-0.2, -0.15) is 5.26 Å². The zero-order valence-electron chi connectivity index (χ0n) is 13.3. The van der Waals surface area contributed by atoms with Gasteiger partial charge in [-0.3, -0.25) is 0 Å². The molecule has 2 aromatic carbocycles. The Morgan fingerprint density at radius 3 is 2.92 bits per heavy atom. The third-order valence-corrected chi connectivity index (χ3v) is 4.84. The fraction of sp³-hybridized carbons (Fsp3) is 0.0526. The Labute approximate surface area is 157 Å². The van der Waals surface area contributed by atoms with Crippen molar-refractivity contribution in [2.75, 3.05) is 5.32 Å². The molecule has 0 spiro atoms. The van der Waals surface area contributed by atoms with Crippen LogP contribution >= 0.6 is 27.3 Å². The molecule has 0 saturated heterocycles. The topological polar surface area (TPSA) is 48.7 Å². The van der Waals surface area contributed by atoms with Gasteiger partial charge in [-0.25, -0.2) is 9.37 Å². The zero-order chi connectivity index (χ0) is 17.8. The second-order valence-electron chi connectivity index (χ2n) is 5.35. The van der Waals surface area contributed by atoms with Gasteiger partial charge in [0.05, 0.1) is 11.4 Å². The van der Waals surface area contributed by atoms with E-state index in [-0.39, 0.29) is 5.82 Å². The molecule has 3 rings (SSSR count). The molecular weight excluding hydrogens is 401 g/mol. The van der Waals surface area contributed by atoms with Crippen LogP contribution < -0.4 is 5.32 Å². The third kappa shape index (κ3) is 4.13. The average Bonchev–Trinajstić information content (AvgIpc) is 3.08. The number of allylic oxidation sites excluding steroid dienone is 1. The summed E-state index contributed by atoms with van der Waals surface area (Å²) in [5.74, 6) is -0.367. The summed E-state index contributed by atoms with van der Waals surface area (Å²) in [5.41, 5.74) is 3.38. The number of nitriles is 1. The summed E-state index contributed by atoms with van der Waals surface area (Å²) in [5, 5.41) is 14.8. The highest BCUT2D eigenvalue weighted by Crippen LogP contribution is 2.28. The van der Waals surface area contributed by atoms with Gasteiger partial charge >= 0.3 is 0 Å². The van der Waals surface area contributed by atoms with E-state index in [9.17, 15) is 9.65 Å². The number of aryl methyl sites for hydroxylation is 1. The first kappa shape index (κ1) is 17.3. The van der Waals surface area contributed by atoms with Crippen molar-refractivity contribution in [1.82, 2.24) is 4.98 Å². The normalized spacial score (nSPS) is 11.2. The summed E-state index contributed by atoms with van der Waals surface area (Å²) in [6.45, 7) is 1.88. The molecule has 3 aromatic rings. The van der Waals surface area contributed by atoms with Gasteiger partial charge in [0.2, 0.25) is 0 Å². The van der Waals surface area contributed by atoms with E-state index in [4.69, 9.17) is 0 Å². The lowest BCUT2D eigenvalue weighted by molar-refractivity contribution is 0.631. The summed E-state index contributed by atoms with van der Waals surface area (Å²) < 4.78 is 14.8. The molecule has 3 nitrogen and oxygen atoms in total. The van der Waals surface area contributed by atoms with E-state index in [1.807, 2.05) is 36.6 Å². The molecule has 0 aliphatic carbocycles. The lowest BCUT2D eigenvalue weighted by Crippen LogP contribution is -1.94. The molecule has 124 valence electrons. The summed E-state index contributed by atoms with van der Waals surface area (Å²) in [6.07, 6.45) is 1.49. The Balaban J connectivity index is 1.87. The predicted octanol–water partition coefficient (Wildman–Crippen LogP) is 6.00. The van der Waals surface area contributed by atoms with Crippen molar-refractivity contribution in [1.29, 1.82) is 5.26 Å². The highest BCUT2D eigenvalue weighted by molar-refractivity contribution is 9.10. The summed E-state index contributed by atoms with van der Waals surface area (Å²) >= 11 is 4.81. The molecule has 1 heterocycles. The molecule has 0 fully saturated rings. The Morgan fingerprint density at radius 2 is 2.16 bits per heavy atom. The van der Waals surface area contributed by atoms with Crippen molar-refractivity contribution in [3.8, 4) is 17.3 Å². The van der Waals surface area contributed by atoms with Crippen molar-refractivity contribution >= 4 is 38.5 Å². The van der Waals surface area contributed by atoms with Gasteiger partial charge in [-0.1, -0.05) is 34.1 Å². The van der Waals surface area contributed by atoms with E-state index in [2.05, 4.69) is 32.3 Å². The van der Waals surface area contributed by atoms with Crippen LogP contribution in [0.2, 0.25) is 0 Å². The molecular formula is C19H13BrFN3S. The number of thiazole rings is 1.